The van der Waals surface area contributed by atoms with Gasteiger partial charge in [0.15, 0.2) is 11.2 Å². The molecule has 3 heterocycles. The van der Waals surface area contributed by atoms with Crippen LogP contribution in [0.4, 0.5) is 17.1 Å². The van der Waals surface area contributed by atoms with Gasteiger partial charge in [-0.15, -0.1) is 11.3 Å². The van der Waals surface area contributed by atoms with Gasteiger partial charge in [0.05, 0.1) is 21.8 Å². The number of hydrogen-bond donors (Lipinski definition) is 0. The maximum Gasteiger partial charge on any atom is 0.160 e. The van der Waals surface area contributed by atoms with E-state index in [-0.39, 0.29) is 0 Å². The van der Waals surface area contributed by atoms with Gasteiger partial charge in [-0.05, 0) is 47.5 Å². The predicted octanol–water partition coefficient (Wildman–Crippen LogP) is 13.0. The van der Waals surface area contributed by atoms with E-state index in [1.165, 1.54) is 20.2 Å². The van der Waals surface area contributed by atoms with Gasteiger partial charge in [0.2, 0.25) is 0 Å². The molecule has 0 radical (unpaired) electrons. The zero-order valence-corrected chi connectivity index (χ0v) is 25.4. The monoisotopic (exact) mass is 607 g/mol. The number of hydrogen-bond acceptors (Lipinski definition) is 4. The minimum atomic E-state index is 0.841. The van der Waals surface area contributed by atoms with Crippen molar-refractivity contribution in [1.82, 2.24) is 0 Å². The molecule has 10 aromatic rings. The second-order valence-electron chi connectivity index (χ2n) is 11.6. The van der Waals surface area contributed by atoms with Crippen LogP contribution in [0.25, 0.3) is 75.2 Å². The summed E-state index contributed by atoms with van der Waals surface area (Å²) in [5.41, 5.74) is 8.74. The number of thiophene rings is 1. The van der Waals surface area contributed by atoms with Crippen molar-refractivity contribution in [3.63, 3.8) is 0 Å². The number of furan rings is 2. The Kier molecular flexibility index (Phi) is 5.45. The number of para-hydroxylation sites is 3. The first-order chi connectivity index (χ1) is 22.8. The van der Waals surface area contributed by atoms with Gasteiger partial charge >= 0.3 is 0 Å². The van der Waals surface area contributed by atoms with Gasteiger partial charge in [0.1, 0.15) is 11.2 Å². The van der Waals surface area contributed by atoms with Crippen LogP contribution in [-0.2, 0) is 0 Å². The molecule has 3 nitrogen and oxygen atoms in total. The zero-order valence-electron chi connectivity index (χ0n) is 24.6. The summed E-state index contributed by atoms with van der Waals surface area (Å²) in [6.45, 7) is 0. The normalized spacial score (nSPS) is 11.9. The molecule has 0 fully saturated rings. The largest absolute Gasteiger partial charge is 0.454 e. The van der Waals surface area contributed by atoms with Crippen LogP contribution in [0.3, 0.4) is 0 Å². The molecule has 0 N–H and O–H groups in total. The van der Waals surface area contributed by atoms with Crippen LogP contribution in [0.5, 0.6) is 0 Å². The smallest absolute Gasteiger partial charge is 0.160 e. The Morgan fingerprint density at radius 3 is 1.87 bits per heavy atom. The summed E-state index contributed by atoms with van der Waals surface area (Å²) in [6.07, 6.45) is 0. The van der Waals surface area contributed by atoms with Gasteiger partial charge in [-0.3, -0.25) is 0 Å². The van der Waals surface area contributed by atoms with Crippen molar-refractivity contribution in [2.24, 2.45) is 0 Å². The molecule has 3 aromatic heterocycles. The standard InChI is InChI=1S/C42H25NO2S/c1-2-12-26(13-3-1)27-24-25-34(41-39(27)32-16-5-8-22-37(32)45-41)43(33-19-10-17-30-28-14-4-7-21-36(28)44-40(30)33)35-20-11-18-31-29-15-6-9-23-38(29)46-42(31)35/h1-25H. The fraction of sp³-hybridized carbons (Fsp3) is 0. The van der Waals surface area contributed by atoms with Gasteiger partial charge < -0.3 is 13.7 Å². The van der Waals surface area contributed by atoms with Crippen molar-refractivity contribution in [2.45, 2.75) is 0 Å². The van der Waals surface area contributed by atoms with E-state index >= 15 is 0 Å². The van der Waals surface area contributed by atoms with Crippen LogP contribution < -0.4 is 4.90 Å². The number of fused-ring (bicyclic) bond motifs is 9. The molecule has 0 aliphatic rings. The molecule has 0 aliphatic carbocycles. The van der Waals surface area contributed by atoms with Crippen LogP contribution in [0.2, 0.25) is 0 Å². The summed E-state index contributed by atoms with van der Waals surface area (Å²) in [5, 5.41) is 6.89. The molecule has 0 spiro atoms. The molecule has 216 valence electrons. The van der Waals surface area contributed by atoms with Crippen LogP contribution in [-0.4, -0.2) is 0 Å². The fourth-order valence-corrected chi connectivity index (χ4v) is 8.26. The fourth-order valence-electron chi connectivity index (χ4n) is 7.05. The molecule has 46 heavy (non-hydrogen) atoms. The van der Waals surface area contributed by atoms with Crippen LogP contribution >= 0.6 is 11.3 Å². The Morgan fingerprint density at radius 1 is 0.413 bits per heavy atom. The summed E-state index contributed by atoms with van der Waals surface area (Å²) in [4.78, 5) is 2.35. The molecular formula is C42H25NO2S. The maximum atomic E-state index is 6.84. The highest BCUT2D eigenvalue weighted by Gasteiger charge is 2.26. The molecule has 0 saturated heterocycles. The number of anilines is 3. The third kappa shape index (κ3) is 3.65. The lowest BCUT2D eigenvalue weighted by atomic mass is 9.98. The van der Waals surface area contributed by atoms with Gasteiger partial charge in [0, 0.05) is 37.0 Å². The van der Waals surface area contributed by atoms with Crippen molar-refractivity contribution < 1.29 is 8.83 Å². The Hall–Kier alpha value is -5.84. The van der Waals surface area contributed by atoms with Gasteiger partial charge in [-0.25, -0.2) is 0 Å². The van der Waals surface area contributed by atoms with Crippen LogP contribution in [0.15, 0.2) is 160 Å². The quantitative estimate of drug-likeness (QED) is 0.199. The second-order valence-corrected chi connectivity index (χ2v) is 12.7. The molecule has 10 rings (SSSR count). The summed E-state index contributed by atoms with van der Waals surface area (Å²) < 4.78 is 16.0. The topological polar surface area (TPSA) is 29.5 Å². The van der Waals surface area contributed by atoms with E-state index < -0.39 is 0 Å². The molecule has 0 aliphatic heterocycles. The first-order valence-electron chi connectivity index (χ1n) is 15.4. The lowest BCUT2D eigenvalue weighted by Gasteiger charge is -2.26. The lowest BCUT2D eigenvalue weighted by molar-refractivity contribution is 0.666. The Labute approximate surface area is 268 Å². The average Bonchev–Trinajstić information content (AvgIpc) is 3.81. The van der Waals surface area contributed by atoms with Crippen molar-refractivity contribution in [3.05, 3.63) is 152 Å². The highest BCUT2D eigenvalue weighted by Crippen LogP contribution is 2.51. The highest BCUT2D eigenvalue weighted by molar-refractivity contribution is 7.26. The first kappa shape index (κ1) is 25.5. The maximum absolute atomic E-state index is 6.84. The van der Waals surface area contributed by atoms with Gasteiger partial charge in [0.25, 0.3) is 0 Å². The Morgan fingerprint density at radius 2 is 1.02 bits per heavy atom. The number of rotatable bonds is 4. The molecule has 4 heteroatoms. The minimum absolute atomic E-state index is 0.841. The van der Waals surface area contributed by atoms with Crippen molar-refractivity contribution in [2.75, 3.05) is 4.90 Å². The SMILES string of the molecule is c1ccc(-c2ccc(N(c3cccc4c3oc3ccccc34)c3cccc4c3sc3ccccc34)c3oc4ccccc4c23)cc1. The molecule has 0 unspecified atom stereocenters. The zero-order chi connectivity index (χ0) is 30.2. The summed E-state index contributed by atoms with van der Waals surface area (Å²) >= 11 is 1.82. The van der Waals surface area contributed by atoms with E-state index in [4.69, 9.17) is 8.83 Å². The third-order valence-corrected chi connectivity index (χ3v) is 10.3. The van der Waals surface area contributed by atoms with Gasteiger partial charge in [-0.1, -0.05) is 115 Å². The van der Waals surface area contributed by atoms with Crippen molar-refractivity contribution >= 4 is 92.4 Å². The molecule has 0 amide bonds. The third-order valence-electron chi connectivity index (χ3n) is 9.08. The van der Waals surface area contributed by atoms with E-state index in [1.54, 1.807) is 0 Å². The van der Waals surface area contributed by atoms with Crippen molar-refractivity contribution in [3.8, 4) is 11.1 Å². The average molecular weight is 608 g/mol. The van der Waals surface area contributed by atoms with Crippen molar-refractivity contribution in [1.29, 1.82) is 0 Å². The molecule has 0 atom stereocenters. The predicted molar refractivity (Wildman–Crippen MR) is 194 cm³/mol. The Balaban J connectivity index is 1.36. The highest BCUT2D eigenvalue weighted by atomic mass is 32.1. The minimum Gasteiger partial charge on any atom is -0.454 e. The summed E-state index contributed by atoms with van der Waals surface area (Å²) in [7, 11) is 0. The van der Waals surface area contributed by atoms with E-state index in [0.29, 0.717) is 0 Å². The van der Waals surface area contributed by atoms with E-state index in [2.05, 4.69) is 138 Å². The second kappa shape index (κ2) is 9.83. The number of nitrogens with zero attached hydrogens (tertiary/aromatic N) is 1. The summed E-state index contributed by atoms with van der Waals surface area (Å²) in [5.74, 6) is 0. The molecule has 0 bridgehead atoms. The van der Waals surface area contributed by atoms with E-state index in [0.717, 1.165) is 72.1 Å². The van der Waals surface area contributed by atoms with Gasteiger partial charge in [-0.2, -0.15) is 0 Å². The molecular weight excluding hydrogens is 583 g/mol. The first-order valence-corrected chi connectivity index (χ1v) is 16.3. The molecule has 7 aromatic carbocycles. The van der Waals surface area contributed by atoms with E-state index in [1.807, 2.05) is 29.5 Å². The van der Waals surface area contributed by atoms with Crippen LogP contribution in [0.1, 0.15) is 0 Å². The Bertz CT molecular complexity index is 2650. The number of benzene rings is 7. The lowest BCUT2D eigenvalue weighted by Crippen LogP contribution is -2.11. The van der Waals surface area contributed by atoms with Crippen LogP contribution in [0, 0.1) is 0 Å². The summed E-state index contributed by atoms with van der Waals surface area (Å²) in [6, 6.07) is 53.4. The molecule has 0 saturated carbocycles. The van der Waals surface area contributed by atoms with E-state index in [9.17, 15) is 0 Å².